The molecule has 1 rings (SSSR count). The van der Waals surface area contributed by atoms with Gasteiger partial charge in [0, 0.05) is 13.1 Å². The summed E-state index contributed by atoms with van der Waals surface area (Å²) in [5.74, 6) is 0. The Hall–Kier alpha value is -0.330. The highest BCUT2D eigenvalue weighted by Gasteiger charge is 2.35. The van der Waals surface area contributed by atoms with Gasteiger partial charge >= 0.3 is 6.36 Å². The van der Waals surface area contributed by atoms with E-state index in [-0.39, 0.29) is 13.2 Å². The Kier molecular flexibility index (Phi) is 2.92. The quantitative estimate of drug-likeness (QED) is 0.603. The van der Waals surface area contributed by atoms with Crippen LogP contribution < -0.4 is 0 Å². The predicted octanol–water partition coefficient (Wildman–Crippen LogP) is 0.811. The van der Waals surface area contributed by atoms with E-state index in [9.17, 15) is 13.2 Å². The van der Waals surface area contributed by atoms with Crippen LogP contribution in [-0.4, -0.2) is 44.3 Å². The number of morpholine rings is 1. The second-order valence-corrected chi connectivity index (χ2v) is 2.63. The second-order valence-electron chi connectivity index (χ2n) is 2.63. The first-order valence-corrected chi connectivity index (χ1v) is 3.52. The van der Waals surface area contributed by atoms with Gasteiger partial charge in [0.15, 0.2) is 6.29 Å². The number of nitrogens with zero attached hydrogens (tertiary/aromatic N) is 1. The summed E-state index contributed by atoms with van der Waals surface area (Å²) in [4.78, 5) is 1.72. The summed E-state index contributed by atoms with van der Waals surface area (Å²) in [5.41, 5.74) is 0. The molecule has 0 aromatic rings. The number of hydrogen-bond donors (Lipinski definition) is 0. The Balaban J connectivity index is 2.32. The van der Waals surface area contributed by atoms with Crippen LogP contribution in [0.3, 0.4) is 0 Å². The van der Waals surface area contributed by atoms with Crippen molar-refractivity contribution in [3.63, 3.8) is 0 Å². The van der Waals surface area contributed by atoms with Crippen LogP contribution in [0.25, 0.3) is 0 Å². The molecular weight excluding hydrogens is 175 g/mol. The highest BCUT2D eigenvalue weighted by Crippen LogP contribution is 2.20. The minimum absolute atomic E-state index is 0.152. The Morgan fingerprint density at radius 2 is 2.17 bits per heavy atom. The van der Waals surface area contributed by atoms with Crippen molar-refractivity contribution in [2.24, 2.45) is 0 Å². The molecule has 72 valence electrons. The molecule has 1 aliphatic rings. The van der Waals surface area contributed by atoms with Crippen LogP contribution in [0.4, 0.5) is 13.2 Å². The zero-order valence-electron chi connectivity index (χ0n) is 6.60. The zero-order valence-corrected chi connectivity index (χ0v) is 6.60. The van der Waals surface area contributed by atoms with Gasteiger partial charge in [-0.25, -0.2) is 0 Å². The maximum Gasteiger partial charge on any atom is 0.524 e. The van der Waals surface area contributed by atoms with Crippen molar-refractivity contribution in [3.8, 4) is 0 Å². The Bertz CT molecular complexity index is 150. The summed E-state index contributed by atoms with van der Waals surface area (Å²) in [6.07, 6.45) is -5.79. The second kappa shape index (κ2) is 3.59. The monoisotopic (exact) mass is 185 g/mol. The maximum absolute atomic E-state index is 11.6. The highest BCUT2D eigenvalue weighted by molar-refractivity contribution is 4.60. The van der Waals surface area contributed by atoms with Crippen molar-refractivity contribution >= 4 is 0 Å². The van der Waals surface area contributed by atoms with Crippen LogP contribution in [0, 0.1) is 0 Å². The summed E-state index contributed by atoms with van der Waals surface area (Å²) in [6, 6.07) is 0. The number of likely N-dealkylation sites (N-methyl/N-ethyl adjacent to an activating group) is 1. The number of hydrogen-bond acceptors (Lipinski definition) is 3. The van der Waals surface area contributed by atoms with Crippen LogP contribution in [-0.2, 0) is 9.47 Å². The van der Waals surface area contributed by atoms with E-state index in [1.807, 2.05) is 0 Å². The van der Waals surface area contributed by atoms with Crippen molar-refractivity contribution in [3.05, 3.63) is 0 Å². The largest absolute Gasteiger partial charge is 0.524 e. The molecule has 3 nitrogen and oxygen atoms in total. The third kappa shape index (κ3) is 3.38. The third-order valence-corrected chi connectivity index (χ3v) is 1.50. The number of rotatable bonds is 1. The molecule has 12 heavy (non-hydrogen) atoms. The average Bonchev–Trinajstić information content (AvgIpc) is 1.82. The van der Waals surface area contributed by atoms with Crippen LogP contribution in [0.2, 0.25) is 0 Å². The number of halogens is 3. The fraction of sp³-hybridized carbons (Fsp3) is 1.00. The molecule has 1 fully saturated rings. The van der Waals surface area contributed by atoms with Crippen molar-refractivity contribution in [1.82, 2.24) is 4.90 Å². The summed E-state index contributed by atoms with van der Waals surface area (Å²) in [5, 5.41) is 0. The first-order chi connectivity index (χ1) is 5.47. The van der Waals surface area contributed by atoms with E-state index in [0.29, 0.717) is 6.54 Å². The third-order valence-electron chi connectivity index (χ3n) is 1.50. The average molecular weight is 185 g/mol. The summed E-state index contributed by atoms with van der Waals surface area (Å²) >= 11 is 0. The molecule has 1 aliphatic heterocycles. The van der Waals surface area contributed by atoms with Gasteiger partial charge in [0.05, 0.1) is 6.61 Å². The molecule has 0 amide bonds. The minimum Gasteiger partial charge on any atom is -0.350 e. The Morgan fingerprint density at radius 1 is 1.50 bits per heavy atom. The lowest BCUT2D eigenvalue weighted by atomic mass is 10.4. The van der Waals surface area contributed by atoms with E-state index in [1.165, 1.54) is 0 Å². The lowest BCUT2D eigenvalue weighted by molar-refractivity contribution is -0.384. The van der Waals surface area contributed by atoms with Gasteiger partial charge in [0.25, 0.3) is 0 Å². The molecule has 0 spiro atoms. The molecule has 0 N–H and O–H groups in total. The van der Waals surface area contributed by atoms with E-state index >= 15 is 0 Å². The number of alkyl halides is 3. The van der Waals surface area contributed by atoms with Gasteiger partial charge in [-0.2, -0.15) is 0 Å². The van der Waals surface area contributed by atoms with Crippen molar-refractivity contribution in [1.29, 1.82) is 0 Å². The molecule has 0 aromatic heterocycles. The van der Waals surface area contributed by atoms with Crippen molar-refractivity contribution in [2.45, 2.75) is 12.7 Å². The highest BCUT2D eigenvalue weighted by atomic mass is 19.4. The topological polar surface area (TPSA) is 21.7 Å². The first-order valence-electron chi connectivity index (χ1n) is 3.52. The van der Waals surface area contributed by atoms with Gasteiger partial charge in [0.1, 0.15) is 0 Å². The Labute approximate surface area is 68.0 Å². The molecule has 0 aromatic carbocycles. The zero-order chi connectivity index (χ0) is 9.19. The van der Waals surface area contributed by atoms with Crippen LogP contribution in [0.15, 0.2) is 0 Å². The molecule has 6 heteroatoms. The van der Waals surface area contributed by atoms with Crippen LogP contribution >= 0.6 is 0 Å². The van der Waals surface area contributed by atoms with Gasteiger partial charge < -0.3 is 4.74 Å². The van der Waals surface area contributed by atoms with Crippen molar-refractivity contribution < 1.29 is 22.6 Å². The fourth-order valence-corrected chi connectivity index (χ4v) is 0.959. The molecule has 1 heterocycles. The molecule has 0 saturated carbocycles. The minimum atomic E-state index is -4.61. The van der Waals surface area contributed by atoms with Gasteiger partial charge in [-0.05, 0) is 7.05 Å². The summed E-state index contributed by atoms with van der Waals surface area (Å²) in [6.45, 7) is 1.06. The molecule has 0 radical (unpaired) electrons. The van der Waals surface area contributed by atoms with Gasteiger partial charge in [0.2, 0.25) is 0 Å². The van der Waals surface area contributed by atoms with E-state index in [4.69, 9.17) is 4.74 Å². The normalized spacial score (nSPS) is 27.5. The predicted molar refractivity (Wildman–Crippen MR) is 34.4 cm³/mol. The van der Waals surface area contributed by atoms with E-state index < -0.39 is 12.7 Å². The smallest absolute Gasteiger partial charge is 0.350 e. The Morgan fingerprint density at radius 3 is 2.67 bits per heavy atom. The molecule has 1 atom stereocenters. The van der Waals surface area contributed by atoms with Crippen LogP contribution in [0.5, 0.6) is 0 Å². The molecule has 0 aliphatic carbocycles. The molecule has 1 saturated heterocycles. The summed E-state index contributed by atoms with van der Waals surface area (Å²) < 4.78 is 43.4. The number of ether oxygens (including phenoxy) is 2. The molecule has 1 unspecified atom stereocenters. The SMILES string of the molecule is CN1CCOC(OC(F)(F)F)C1. The molecule has 0 bridgehead atoms. The van der Waals surface area contributed by atoms with Gasteiger partial charge in [-0.15, -0.1) is 13.2 Å². The fourth-order valence-electron chi connectivity index (χ4n) is 0.959. The lowest BCUT2D eigenvalue weighted by Gasteiger charge is -2.29. The standard InChI is InChI=1S/C6H10F3NO2/c1-10-2-3-11-5(4-10)12-6(7,8)9/h5H,2-4H2,1H3. The summed E-state index contributed by atoms with van der Waals surface area (Å²) in [7, 11) is 1.72. The lowest BCUT2D eigenvalue weighted by Crippen LogP contribution is -2.43. The van der Waals surface area contributed by atoms with E-state index in [0.717, 1.165) is 0 Å². The van der Waals surface area contributed by atoms with Gasteiger partial charge in [-0.3, -0.25) is 9.64 Å². The first kappa shape index (κ1) is 9.76. The maximum atomic E-state index is 11.6. The van der Waals surface area contributed by atoms with Crippen LogP contribution in [0.1, 0.15) is 0 Å². The molecular formula is C6H10F3NO2. The van der Waals surface area contributed by atoms with Gasteiger partial charge in [-0.1, -0.05) is 0 Å². The van der Waals surface area contributed by atoms with Crippen molar-refractivity contribution in [2.75, 3.05) is 26.7 Å². The van der Waals surface area contributed by atoms with E-state index in [2.05, 4.69) is 4.74 Å². The van der Waals surface area contributed by atoms with E-state index in [1.54, 1.807) is 11.9 Å².